The van der Waals surface area contributed by atoms with E-state index in [1.165, 1.54) is 4.90 Å². The number of nitrogens with zero attached hydrogens (tertiary/aromatic N) is 1. The van der Waals surface area contributed by atoms with Crippen molar-refractivity contribution in [1.82, 2.24) is 15.5 Å². The maximum atomic E-state index is 13.5. The van der Waals surface area contributed by atoms with Crippen LogP contribution in [0.1, 0.15) is 77.5 Å². The summed E-state index contributed by atoms with van der Waals surface area (Å²) in [5, 5.41) is 16.2. The van der Waals surface area contributed by atoms with Crippen LogP contribution in [0.15, 0.2) is 18.2 Å². The summed E-state index contributed by atoms with van der Waals surface area (Å²) in [6, 6.07) is 3.15. The molecule has 2 unspecified atom stereocenters. The molecule has 0 radical (unpaired) electrons. The molecule has 2 rings (SSSR count). The van der Waals surface area contributed by atoms with Crippen molar-refractivity contribution >= 4 is 17.9 Å². The molecular weight excluding hydrogens is 410 g/mol. The number of unbranched alkanes of at least 4 members (excludes halogenated alkanes) is 1. The first-order valence-electron chi connectivity index (χ1n) is 11.3. The molecule has 1 aliphatic carbocycles. The molecular formula is C24H37N3O5. The van der Waals surface area contributed by atoms with Crippen LogP contribution in [0.25, 0.3) is 0 Å². The lowest BCUT2D eigenvalue weighted by atomic mass is 9.99. The number of ether oxygens (including phenoxy) is 1. The highest BCUT2D eigenvalue weighted by atomic mass is 16.6. The molecule has 178 valence electrons. The number of hydrogen-bond donors (Lipinski definition) is 3. The Kier molecular flexibility index (Phi) is 8.52. The molecule has 0 heterocycles. The Morgan fingerprint density at radius 3 is 2.47 bits per heavy atom. The molecule has 0 aromatic heterocycles. The van der Waals surface area contributed by atoms with E-state index in [9.17, 15) is 19.5 Å². The molecule has 8 nitrogen and oxygen atoms in total. The quantitative estimate of drug-likeness (QED) is 0.502. The van der Waals surface area contributed by atoms with Crippen LogP contribution in [0.5, 0.6) is 5.75 Å². The fourth-order valence-corrected chi connectivity index (χ4v) is 3.45. The Morgan fingerprint density at radius 1 is 1.25 bits per heavy atom. The van der Waals surface area contributed by atoms with Crippen LogP contribution < -0.4 is 10.6 Å². The van der Waals surface area contributed by atoms with Gasteiger partial charge in [-0.1, -0.05) is 31.5 Å². The third-order valence-electron chi connectivity index (χ3n) is 5.22. The van der Waals surface area contributed by atoms with E-state index in [1.54, 1.807) is 52.8 Å². The third-order valence-corrected chi connectivity index (χ3v) is 5.22. The van der Waals surface area contributed by atoms with Crippen LogP contribution in [0, 0.1) is 6.92 Å². The Balaban J connectivity index is 2.34. The third kappa shape index (κ3) is 6.87. The van der Waals surface area contributed by atoms with Gasteiger partial charge in [-0.2, -0.15) is 0 Å². The number of rotatable bonds is 9. The number of carbonyl (C=O) groups is 3. The zero-order valence-electron chi connectivity index (χ0n) is 20.0. The lowest BCUT2D eigenvalue weighted by molar-refractivity contribution is -0.143. The van der Waals surface area contributed by atoms with Gasteiger partial charge in [-0.25, -0.2) is 4.79 Å². The van der Waals surface area contributed by atoms with Crippen molar-refractivity contribution in [3.05, 3.63) is 29.3 Å². The molecule has 1 aromatic rings. The average Bonchev–Trinajstić information content (AvgIpc) is 3.51. The smallest absolute Gasteiger partial charge is 0.408 e. The topological polar surface area (TPSA) is 108 Å². The van der Waals surface area contributed by atoms with E-state index >= 15 is 0 Å². The number of phenols is 1. The van der Waals surface area contributed by atoms with Gasteiger partial charge in [0.25, 0.3) is 0 Å². The summed E-state index contributed by atoms with van der Waals surface area (Å²) in [6.07, 6.45) is 2.55. The number of amides is 3. The van der Waals surface area contributed by atoms with Gasteiger partial charge in [0.15, 0.2) is 0 Å². The number of carbonyl (C=O) groups excluding carboxylic acids is 3. The van der Waals surface area contributed by atoms with Crippen LogP contribution in [0.4, 0.5) is 4.79 Å². The number of benzene rings is 1. The minimum atomic E-state index is -0.991. The van der Waals surface area contributed by atoms with Crippen molar-refractivity contribution in [2.75, 3.05) is 6.54 Å². The van der Waals surface area contributed by atoms with Crippen LogP contribution in [-0.2, 0) is 14.3 Å². The van der Waals surface area contributed by atoms with E-state index in [-0.39, 0.29) is 17.7 Å². The lowest BCUT2D eigenvalue weighted by Gasteiger charge is -2.34. The Labute approximate surface area is 190 Å². The SMILES string of the molecule is CCCCNC(=O)C(c1cccc(C)c1O)N(C(=O)C(C)NC(=O)OC(C)(C)C)C1CC1. The van der Waals surface area contributed by atoms with Gasteiger partial charge in [-0.05, 0) is 59.4 Å². The fraction of sp³-hybridized carbons (Fsp3) is 0.625. The Morgan fingerprint density at radius 2 is 1.91 bits per heavy atom. The average molecular weight is 448 g/mol. The zero-order chi connectivity index (χ0) is 24.1. The van der Waals surface area contributed by atoms with Gasteiger partial charge in [0, 0.05) is 18.2 Å². The molecule has 32 heavy (non-hydrogen) atoms. The molecule has 3 amide bonds. The summed E-state index contributed by atoms with van der Waals surface area (Å²) >= 11 is 0. The predicted molar refractivity (Wildman–Crippen MR) is 122 cm³/mol. The first-order chi connectivity index (χ1) is 15.0. The van der Waals surface area contributed by atoms with Gasteiger partial charge >= 0.3 is 6.09 Å². The highest BCUT2D eigenvalue weighted by Gasteiger charge is 2.44. The molecule has 0 saturated heterocycles. The van der Waals surface area contributed by atoms with Gasteiger partial charge in [0.05, 0.1) is 0 Å². The number of para-hydroxylation sites is 1. The van der Waals surface area contributed by atoms with Crippen LogP contribution >= 0.6 is 0 Å². The normalized spacial score (nSPS) is 15.4. The minimum absolute atomic E-state index is 0.00524. The van der Waals surface area contributed by atoms with Crippen molar-refractivity contribution < 1.29 is 24.2 Å². The highest BCUT2D eigenvalue weighted by Crippen LogP contribution is 2.39. The Bertz CT molecular complexity index is 829. The van der Waals surface area contributed by atoms with Gasteiger partial charge in [0.1, 0.15) is 23.4 Å². The maximum Gasteiger partial charge on any atom is 0.408 e. The summed E-state index contributed by atoms with van der Waals surface area (Å²) in [4.78, 5) is 40.4. The predicted octanol–water partition coefficient (Wildman–Crippen LogP) is 3.56. The second kappa shape index (κ2) is 10.7. The summed E-state index contributed by atoms with van der Waals surface area (Å²) in [5.41, 5.74) is 0.304. The molecule has 8 heteroatoms. The number of phenolic OH excluding ortho intramolecular Hbond substituents is 1. The van der Waals surface area contributed by atoms with E-state index < -0.39 is 29.7 Å². The maximum absolute atomic E-state index is 13.5. The largest absolute Gasteiger partial charge is 0.507 e. The summed E-state index contributed by atoms with van der Waals surface area (Å²) in [7, 11) is 0. The fourth-order valence-electron chi connectivity index (χ4n) is 3.45. The molecule has 0 spiro atoms. The summed E-state index contributed by atoms with van der Waals surface area (Å²) in [5.74, 6) is -0.742. The standard InChI is InChI=1S/C24H37N3O5/c1-7-8-14-25-21(29)19(18-11-9-10-15(2)20(18)28)27(17-12-13-17)22(30)16(3)26-23(31)32-24(4,5)6/h9-11,16-17,19,28H,7-8,12-14H2,1-6H3,(H,25,29)(H,26,31). The number of alkyl carbamates (subject to hydrolysis) is 1. The van der Waals surface area contributed by atoms with Crippen molar-refractivity contribution in [3.8, 4) is 5.75 Å². The lowest BCUT2D eigenvalue weighted by Crippen LogP contribution is -2.52. The molecule has 2 atom stereocenters. The second-order valence-electron chi connectivity index (χ2n) is 9.40. The van der Waals surface area contributed by atoms with Crippen molar-refractivity contribution in [2.24, 2.45) is 0 Å². The van der Waals surface area contributed by atoms with Crippen LogP contribution in [0.3, 0.4) is 0 Å². The van der Waals surface area contributed by atoms with E-state index in [4.69, 9.17) is 4.74 Å². The van der Waals surface area contributed by atoms with Crippen molar-refractivity contribution in [2.45, 2.75) is 91.0 Å². The van der Waals surface area contributed by atoms with Gasteiger partial charge < -0.3 is 25.4 Å². The van der Waals surface area contributed by atoms with Gasteiger partial charge in [-0.3, -0.25) is 9.59 Å². The van der Waals surface area contributed by atoms with E-state index in [0.717, 1.165) is 25.7 Å². The number of nitrogens with one attached hydrogen (secondary N) is 2. The van der Waals surface area contributed by atoms with E-state index in [1.807, 2.05) is 6.92 Å². The second-order valence-corrected chi connectivity index (χ2v) is 9.40. The summed E-state index contributed by atoms with van der Waals surface area (Å²) < 4.78 is 5.27. The molecule has 1 aromatic carbocycles. The van der Waals surface area contributed by atoms with Crippen molar-refractivity contribution in [3.63, 3.8) is 0 Å². The number of aromatic hydroxyl groups is 1. The van der Waals surface area contributed by atoms with E-state index in [0.29, 0.717) is 17.7 Å². The van der Waals surface area contributed by atoms with E-state index in [2.05, 4.69) is 10.6 Å². The Hall–Kier alpha value is -2.77. The first-order valence-corrected chi connectivity index (χ1v) is 11.3. The molecule has 1 aliphatic rings. The zero-order valence-corrected chi connectivity index (χ0v) is 20.0. The van der Waals surface area contributed by atoms with Gasteiger partial charge in [-0.15, -0.1) is 0 Å². The number of hydrogen-bond acceptors (Lipinski definition) is 5. The van der Waals surface area contributed by atoms with Crippen molar-refractivity contribution in [1.29, 1.82) is 0 Å². The van der Waals surface area contributed by atoms with Crippen LogP contribution in [-0.4, -0.2) is 52.1 Å². The monoisotopic (exact) mass is 447 g/mol. The molecule has 1 fully saturated rings. The molecule has 0 aliphatic heterocycles. The number of aryl methyl sites for hydroxylation is 1. The highest BCUT2D eigenvalue weighted by molar-refractivity contribution is 5.92. The minimum Gasteiger partial charge on any atom is -0.507 e. The first kappa shape index (κ1) is 25.5. The summed E-state index contributed by atoms with van der Waals surface area (Å²) in [6.45, 7) is 11.1. The molecule has 0 bridgehead atoms. The van der Waals surface area contributed by atoms with Crippen LogP contribution in [0.2, 0.25) is 0 Å². The molecule has 1 saturated carbocycles. The van der Waals surface area contributed by atoms with Gasteiger partial charge in [0.2, 0.25) is 11.8 Å². The molecule has 3 N–H and O–H groups in total.